The molecule has 0 aliphatic heterocycles. The number of benzene rings is 1. The molecule has 80 valence electrons. The number of imidazole rings is 1. The molecule has 1 aromatic heterocycles. The summed E-state index contributed by atoms with van der Waals surface area (Å²) >= 11 is 0. The molecule has 0 aliphatic rings. The summed E-state index contributed by atoms with van der Waals surface area (Å²) in [4.78, 5) is 4.20. The number of rotatable bonds is 2. The highest BCUT2D eigenvalue weighted by Crippen LogP contribution is 2.16. The van der Waals surface area contributed by atoms with Gasteiger partial charge in [0.15, 0.2) is 0 Å². The Morgan fingerprint density at radius 2 is 2.07 bits per heavy atom. The van der Waals surface area contributed by atoms with Crippen LogP contribution in [0.2, 0.25) is 0 Å². The van der Waals surface area contributed by atoms with Crippen molar-refractivity contribution in [3.63, 3.8) is 0 Å². The Kier molecular flexibility index (Phi) is 2.44. The quantitative estimate of drug-likeness (QED) is 0.755. The predicted octanol–water partition coefficient (Wildman–Crippen LogP) is 1.64. The maximum Gasteiger partial charge on any atom is 0.239 e. The summed E-state index contributed by atoms with van der Waals surface area (Å²) in [6.07, 6.45) is 0. The number of fused-ring (bicyclic) bond motifs is 1. The van der Waals surface area contributed by atoms with Gasteiger partial charge in [0.1, 0.15) is 11.6 Å². The van der Waals surface area contributed by atoms with E-state index >= 15 is 0 Å². The molecule has 1 heterocycles. The van der Waals surface area contributed by atoms with Crippen LogP contribution in [0.5, 0.6) is 0 Å². The third-order valence-corrected chi connectivity index (χ3v) is 3.11. The van der Waals surface area contributed by atoms with Crippen LogP contribution in [0.25, 0.3) is 11.0 Å². The Morgan fingerprint density at radius 3 is 2.67 bits per heavy atom. The summed E-state index contributed by atoms with van der Waals surface area (Å²) < 4.78 is 23.6. The van der Waals surface area contributed by atoms with Crippen LogP contribution in [0, 0.1) is 0 Å². The second kappa shape index (κ2) is 3.50. The number of halogens is 1. The lowest BCUT2D eigenvalue weighted by Gasteiger charge is -1.98. The van der Waals surface area contributed by atoms with Crippen LogP contribution in [0.15, 0.2) is 24.3 Å². The minimum Gasteiger partial charge on any atom is -0.330 e. The van der Waals surface area contributed by atoms with Crippen LogP contribution in [0.1, 0.15) is 5.82 Å². The van der Waals surface area contributed by atoms with Crippen molar-refractivity contribution < 1.29 is 8.42 Å². The molecule has 0 amide bonds. The molecule has 6 heteroatoms. The van der Waals surface area contributed by atoms with E-state index in [1.54, 1.807) is 11.6 Å². The fourth-order valence-corrected chi connectivity index (χ4v) is 2.34. The number of aromatic nitrogens is 2. The van der Waals surface area contributed by atoms with Crippen molar-refractivity contribution in [3.8, 4) is 0 Å². The zero-order valence-corrected chi connectivity index (χ0v) is 9.59. The van der Waals surface area contributed by atoms with Crippen LogP contribution < -0.4 is 0 Å². The number of nitrogens with zero attached hydrogens (tertiary/aromatic N) is 2. The Balaban J connectivity index is 2.58. The van der Waals surface area contributed by atoms with Gasteiger partial charge in [-0.25, -0.2) is 13.4 Å². The number of para-hydroxylation sites is 2. The lowest BCUT2D eigenvalue weighted by atomic mass is 10.3. The Morgan fingerprint density at radius 1 is 1.40 bits per heavy atom. The summed E-state index contributed by atoms with van der Waals surface area (Å²) in [6, 6.07) is 7.45. The fourth-order valence-electron chi connectivity index (χ4n) is 1.48. The highest BCUT2D eigenvalue weighted by molar-refractivity contribution is 8.13. The van der Waals surface area contributed by atoms with E-state index in [1.165, 1.54) is 0 Å². The minimum absolute atomic E-state index is 0.250. The molecule has 15 heavy (non-hydrogen) atoms. The molecule has 0 N–H and O–H groups in total. The fraction of sp³-hybridized carbons (Fsp3) is 0.222. The zero-order valence-electron chi connectivity index (χ0n) is 8.01. The average molecular weight is 245 g/mol. The van der Waals surface area contributed by atoms with Crippen molar-refractivity contribution in [1.29, 1.82) is 0 Å². The van der Waals surface area contributed by atoms with E-state index in [2.05, 4.69) is 4.98 Å². The average Bonchev–Trinajstić information content (AvgIpc) is 2.42. The van der Waals surface area contributed by atoms with Crippen molar-refractivity contribution >= 4 is 30.8 Å². The summed E-state index contributed by atoms with van der Waals surface area (Å²) in [7, 11) is 3.40. The SMILES string of the molecule is Cn1c(CS(=O)(=O)Cl)nc2ccccc21. The summed E-state index contributed by atoms with van der Waals surface area (Å²) in [5.74, 6) is 0.200. The maximum atomic E-state index is 10.9. The van der Waals surface area contributed by atoms with Gasteiger partial charge in [0, 0.05) is 17.7 Å². The van der Waals surface area contributed by atoms with Gasteiger partial charge in [0.25, 0.3) is 0 Å². The third-order valence-electron chi connectivity index (χ3n) is 2.18. The highest BCUT2D eigenvalue weighted by Gasteiger charge is 2.13. The maximum absolute atomic E-state index is 10.9. The molecule has 0 atom stereocenters. The topological polar surface area (TPSA) is 52.0 Å². The van der Waals surface area contributed by atoms with E-state index in [9.17, 15) is 8.42 Å². The standard InChI is InChI=1S/C9H9ClN2O2S/c1-12-8-5-3-2-4-7(8)11-9(12)6-15(10,13)14/h2-5H,6H2,1H3. The molecule has 0 bridgehead atoms. The zero-order chi connectivity index (χ0) is 11.1. The van der Waals surface area contributed by atoms with E-state index in [1.807, 2.05) is 24.3 Å². The van der Waals surface area contributed by atoms with Crippen molar-refractivity contribution in [2.24, 2.45) is 7.05 Å². The molecule has 4 nitrogen and oxygen atoms in total. The molecule has 0 unspecified atom stereocenters. The van der Waals surface area contributed by atoms with Gasteiger partial charge in [-0.2, -0.15) is 0 Å². The van der Waals surface area contributed by atoms with Crippen molar-refractivity contribution in [2.45, 2.75) is 5.75 Å². The second-order valence-electron chi connectivity index (χ2n) is 3.26. The van der Waals surface area contributed by atoms with E-state index in [4.69, 9.17) is 10.7 Å². The van der Waals surface area contributed by atoms with Gasteiger partial charge in [0.05, 0.1) is 11.0 Å². The van der Waals surface area contributed by atoms with Crippen LogP contribution in [-0.2, 0) is 21.9 Å². The van der Waals surface area contributed by atoms with Crippen molar-refractivity contribution in [1.82, 2.24) is 9.55 Å². The summed E-state index contributed by atoms with van der Waals surface area (Å²) in [6.45, 7) is 0. The van der Waals surface area contributed by atoms with Gasteiger partial charge in [-0.15, -0.1) is 0 Å². The van der Waals surface area contributed by atoms with Crippen LogP contribution in [-0.4, -0.2) is 18.0 Å². The first-order valence-electron chi connectivity index (χ1n) is 4.30. The molecule has 0 radical (unpaired) electrons. The number of hydrogen-bond acceptors (Lipinski definition) is 3. The predicted molar refractivity (Wildman–Crippen MR) is 59.2 cm³/mol. The van der Waals surface area contributed by atoms with Gasteiger partial charge in [-0.05, 0) is 12.1 Å². The normalized spacial score (nSPS) is 12.1. The van der Waals surface area contributed by atoms with E-state index in [-0.39, 0.29) is 5.75 Å². The van der Waals surface area contributed by atoms with Gasteiger partial charge in [0.2, 0.25) is 9.05 Å². The minimum atomic E-state index is -3.56. The number of hydrogen-bond donors (Lipinski definition) is 0. The van der Waals surface area contributed by atoms with E-state index in [0.717, 1.165) is 11.0 Å². The molecular formula is C9H9ClN2O2S. The second-order valence-corrected chi connectivity index (χ2v) is 6.04. The summed E-state index contributed by atoms with van der Waals surface area (Å²) in [5.41, 5.74) is 1.67. The van der Waals surface area contributed by atoms with Crippen molar-refractivity contribution in [2.75, 3.05) is 0 Å². The monoisotopic (exact) mass is 244 g/mol. The van der Waals surface area contributed by atoms with Gasteiger partial charge in [-0.3, -0.25) is 0 Å². The number of aryl methyl sites for hydroxylation is 1. The van der Waals surface area contributed by atoms with E-state index < -0.39 is 9.05 Å². The van der Waals surface area contributed by atoms with Crippen molar-refractivity contribution in [3.05, 3.63) is 30.1 Å². The molecule has 1 aromatic carbocycles. The Labute approximate surface area is 91.9 Å². The molecule has 0 saturated heterocycles. The lowest BCUT2D eigenvalue weighted by molar-refractivity contribution is 0.606. The highest BCUT2D eigenvalue weighted by atomic mass is 35.7. The first-order valence-corrected chi connectivity index (χ1v) is 6.78. The molecule has 0 spiro atoms. The molecular weight excluding hydrogens is 236 g/mol. The largest absolute Gasteiger partial charge is 0.330 e. The Hall–Kier alpha value is -1.07. The first kappa shape index (κ1) is 10.4. The Bertz CT molecular complexity index is 604. The van der Waals surface area contributed by atoms with Gasteiger partial charge >= 0.3 is 0 Å². The smallest absolute Gasteiger partial charge is 0.239 e. The van der Waals surface area contributed by atoms with Crippen LogP contribution in [0.3, 0.4) is 0 Å². The molecule has 0 fully saturated rings. The molecule has 2 aromatic rings. The molecule has 0 aliphatic carbocycles. The van der Waals surface area contributed by atoms with Gasteiger partial charge < -0.3 is 4.57 Å². The van der Waals surface area contributed by atoms with Crippen LogP contribution in [0.4, 0.5) is 0 Å². The first-order chi connectivity index (χ1) is 6.97. The molecule has 0 saturated carbocycles. The molecule has 2 rings (SSSR count). The third kappa shape index (κ3) is 2.13. The summed E-state index contributed by atoms with van der Waals surface area (Å²) in [5, 5.41) is 0. The van der Waals surface area contributed by atoms with Gasteiger partial charge in [-0.1, -0.05) is 12.1 Å². The van der Waals surface area contributed by atoms with E-state index in [0.29, 0.717) is 5.82 Å². The van der Waals surface area contributed by atoms with Crippen LogP contribution >= 0.6 is 10.7 Å². The lowest BCUT2D eigenvalue weighted by Crippen LogP contribution is -2.02.